The summed E-state index contributed by atoms with van der Waals surface area (Å²) in [4.78, 5) is 21.1. The van der Waals surface area contributed by atoms with Gasteiger partial charge in [-0.15, -0.1) is 0 Å². The van der Waals surface area contributed by atoms with Crippen LogP contribution in [0.4, 0.5) is 20.8 Å². The minimum Gasteiger partial charge on any atom is -0.441 e. The number of nitrogens with one attached hydrogen (secondary N) is 2. The first kappa shape index (κ1) is 21.3. The van der Waals surface area contributed by atoms with E-state index in [1.807, 2.05) is 31.2 Å². The molecular formula is C24H23FN4O4. The van der Waals surface area contributed by atoms with Gasteiger partial charge in [-0.2, -0.15) is 0 Å². The lowest BCUT2D eigenvalue weighted by Crippen LogP contribution is -2.38. The number of carbonyl (C=O) groups is 1. The molecule has 33 heavy (non-hydrogen) atoms. The van der Waals surface area contributed by atoms with Gasteiger partial charge >= 0.3 is 6.09 Å². The van der Waals surface area contributed by atoms with Gasteiger partial charge in [-0.1, -0.05) is 29.8 Å². The molecule has 2 aliphatic rings. The number of aryl methyl sites for hydroxylation is 1. The van der Waals surface area contributed by atoms with Crippen molar-refractivity contribution in [3.05, 3.63) is 72.2 Å². The summed E-state index contributed by atoms with van der Waals surface area (Å²) in [5.74, 6) is 0.0561. The molecule has 5 rings (SSSR count). The van der Waals surface area contributed by atoms with Crippen LogP contribution in [0.1, 0.15) is 5.56 Å². The topological polar surface area (TPSA) is 94.6 Å². The van der Waals surface area contributed by atoms with Gasteiger partial charge in [0.1, 0.15) is 18.0 Å². The van der Waals surface area contributed by atoms with E-state index >= 15 is 0 Å². The van der Waals surface area contributed by atoms with E-state index in [0.29, 0.717) is 29.5 Å². The highest BCUT2D eigenvalue weighted by Crippen LogP contribution is 2.31. The molecule has 2 aromatic carbocycles. The number of hydrogen-bond donors (Lipinski definition) is 2. The molecule has 8 nitrogen and oxygen atoms in total. The Morgan fingerprint density at radius 2 is 1.91 bits per heavy atom. The van der Waals surface area contributed by atoms with Crippen LogP contribution >= 0.6 is 0 Å². The van der Waals surface area contributed by atoms with Crippen LogP contribution < -0.4 is 10.6 Å². The van der Waals surface area contributed by atoms with E-state index in [9.17, 15) is 9.18 Å². The third kappa shape index (κ3) is 4.79. The molecule has 3 aromatic rings. The van der Waals surface area contributed by atoms with Crippen molar-refractivity contribution in [3.63, 3.8) is 0 Å². The monoisotopic (exact) mass is 450 g/mol. The Morgan fingerprint density at radius 1 is 1.09 bits per heavy atom. The van der Waals surface area contributed by atoms with Gasteiger partial charge in [0.25, 0.3) is 0 Å². The highest BCUT2D eigenvalue weighted by Gasteiger charge is 2.49. The first-order valence-corrected chi connectivity index (χ1v) is 10.7. The van der Waals surface area contributed by atoms with Gasteiger partial charge in [-0.25, -0.2) is 19.2 Å². The minimum atomic E-state index is -0.556. The van der Waals surface area contributed by atoms with Gasteiger partial charge in [-0.05, 0) is 37.3 Å². The molecule has 0 saturated carbocycles. The molecule has 2 fully saturated rings. The maximum absolute atomic E-state index is 13.6. The van der Waals surface area contributed by atoms with Crippen LogP contribution in [-0.4, -0.2) is 53.6 Å². The number of rotatable bonds is 5. The summed E-state index contributed by atoms with van der Waals surface area (Å²) in [6.45, 7) is 2.56. The van der Waals surface area contributed by atoms with Crippen molar-refractivity contribution in [2.75, 3.05) is 23.8 Å². The molecule has 0 bridgehead atoms. The van der Waals surface area contributed by atoms with Crippen molar-refractivity contribution in [1.29, 1.82) is 0 Å². The minimum absolute atomic E-state index is 0.216. The Morgan fingerprint density at radius 3 is 2.73 bits per heavy atom. The lowest BCUT2D eigenvalue weighted by atomic mass is 10.1. The molecule has 0 spiro atoms. The van der Waals surface area contributed by atoms with Crippen LogP contribution in [0, 0.1) is 12.7 Å². The Bertz CT molecular complexity index is 1140. The van der Waals surface area contributed by atoms with Crippen LogP contribution in [-0.2, 0) is 14.2 Å². The first-order chi connectivity index (χ1) is 16.0. The zero-order chi connectivity index (χ0) is 22.8. The maximum atomic E-state index is 13.6. The summed E-state index contributed by atoms with van der Waals surface area (Å²) in [5, 5.41) is 5.95. The predicted octanol–water partition coefficient (Wildman–Crippen LogP) is 3.79. The summed E-state index contributed by atoms with van der Waals surface area (Å²) in [6, 6.07) is 15.2. The largest absolute Gasteiger partial charge is 0.441 e. The van der Waals surface area contributed by atoms with Gasteiger partial charge in [0.05, 0.1) is 24.9 Å². The lowest BCUT2D eigenvalue weighted by Gasteiger charge is -2.18. The Hall–Kier alpha value is -3.56. The van der Waals surface area contributed by atoms with Crippen molar-refractivity contribution in [3.8, 4) is 11.3 Å². The normalized spacial score (nSPS) is 23.7. The van der Waals surface area contributed by atoms with Gasteiger partial charge in [0.2, 0.25) is 5.95 Å². The number of nitrogens with zero attached hydrogens (tertiary/aromatic N) is 2. The number of anilines is 2. The standard InChI is InChI=1S/C24H23FN4O4/c1-14-5-7-17(8-6-14)27-24(30)33-20-13-32-21-19(12-31-22(20)21)29-23-26-10-9-18(28-23)15-3-2-4-16(25)11-15/h2-11,19-22H,12-13H2,1H3,(H,27,30)(H,26,28,29)/t19-,20-,21-,22+/m0/s1. The summed E-state index contributed by atoms with van der Waals surface area (Å²) < 4.78 is 30.9. The van der Waals surface area contributed by atoms with Gasteiger partial charge in [0, 0.05) is 17.4 Å². The molecule has 0 aliphatic carbocycles. The fourth-order valence-corrected chi connectivity index (χ4v) is 4.01. The molecule has 3 heterocycles. The number of hydrogen-bond acceptors (Lipinski definition) is 7. The zero-order valence-electron chi connectivity index (χ0n) is 17.9. The molecule has 1 aromatic heterocycles. The van der Waals surface area contributed by atoms with Crippen molar-refractivity contribution in [2.24, 2.45) is 0 Å². The van der Waals surface area contributed by atoms with Crippen LogP contribution in [0.3, 0.4) is 0 Å². The number of ether oxygens (including phenoxy) is 3. The Labute approximate surface area is 190 Å². The molecule has 170 valence electrons. The number of aromatic nitrogens is 2. The smallest absolute Gasteiger partial charge is 0.412 e. The van der Waals surface area contributed by atoms with E-state index in [2.05, 4.69) is 20.6 Å². The van der Waals surface area contributed by atoms with E-state index in [1.165, 1.54) is 12.1 Å². The second-order valence-electron chi connectivity index (χ2n) is 8.06. The number of halogens is 1. The van der Waals surface area contributed by atoms with Gasteiger partial charge < -0.3 is 19.5 Å². The van der Waals surface area contributed by atoms with Gasteiger partial charge in [-0.3, -0.25) is 5.32 Å². The second kappa shape index (κ2) is 9.13. The fourth-order valence-electron chi connectivity index (χ4n) is 4.01. The number of fused-ring (bicyclic) bond motifs is 1. The van der Waals surface area contributed by atoms with Crippen LogP contribution in [0.5, 0.6) is 0 Å². The highest BCUT2D eigenvalue weighted by atomic mass is 19.1. The molecule has 0 radical (unpaired) electrons. The van der Waals surface area contributed by atoms with E-state index in [1.54, 1.807) is 24.4 Å². The summed E-state index contributed by atoms with van der Waals surface area (Å²) in [6.07, 6.45) is -0.174. The van der Waals surface area contributed by atoms with Crippen molar-refractivity contribution in [2.45, 2.75) is 31.3 Å². The van der Waals surface area contributed by atoms with E-state index < -0.39 is 18.3 Å². The molecule has 4 atom stereocenters. The average molecular weight is 450 g/mol. The average Bonchev–Trinajstić information content (AvgIpc) is 3.39. The third-order valence-corrected chi connectivity index (χ3v) is 5.65. The van der Waals surface area contributed by atoms with E-state index in [4.69, 9.17) is 14.2 Å². The summed E-state index contributed by atoms with van der Waals surface area (Å²) in [7, 11) is 0. The highest BCUT2D eigenvalue weighted by molar-refractivity contribution is 5.84. The fraction of sp³-hybridized carbons (Fsp3) is 0.292. The van der Waals surface area contributed by atoms with Crippen molar-refractivity contribution in [1.82, 2.24) is 9.97 Å². The zero-order valence-corrected chi connectivity index (χ0v) is 17.9. The van der Waals surface area contributed by atoms with E-state index in [-0.39, 0.29) is 24.6 Å². The predicted molar refractivity (Wildman–Crippen MR) is 119 cm³/mol. The molecule has 2 aliphatic heterocycles. The number of carbonyl (C=O) groups excluding carboxylic acids is 1. The summed E-state index contributed by atoms with van der Waals surface area (Å²) >= 11 is 0. The van der Waals surface area contributed by atoms with E-state index in [0.717, 1.165) is 5.56 Å². The Balaban J connectivity index is 1.20. The number of benzene rings is 2. The van der Waals surface area contributed by atoms with Crippen LogP contribution in [0.2, 0.25) is 0 Å². The van der Waals surface area contributed by atoms with Crippen LogP contribution in [0.25, 0.3) is 11.3 Å². The quantitative estimate of drug-likeness (QED) is 0.611. The van der Waals surface area contributed by atoms with Gasteiger partial charge in [0.15, 0.2) is 6.10 Å². The molecule has 2 N–H and O–H groups in total. The summed E-state index contributed by atoms with van der Waals surface area (Å²) in [5.41, 5.74) is 3.02. The SMILES string of the molecule is Cc1ccc(NC(=O)O[C@H]2CO[C@@H]3[C@@H]2OC[C@@H]3Nc2nccc(-c3cccc(F)c3)n2)cc1. The number of amides is 1. The molecule has 9 heteroatoms. The Kier molecular flexibility index (Phi) is 5.89. The van der Waals surface area contributed by atoms with Crippen molar-refractivity contribution >= 4 is 17.7 Å². The van der Waals surface area contributed by atoms with Crippen LogP contribution in [0.15, 0.2) is 60.8 Å². The maximum Gasteiger partial charge on any atom is 0.412 e. The third-order valence-electron chi connectivity index (χ3n) is 5.65. The first-order valence-electron chi connectivity index (χ1n) is 10.7. The molecule has 1 amide bonds. The second-order valence-corrected chi connectivity index (χ2v) is 8.06. The lowest BCUT2D eigenvalue weighted by molar-refractivity contribution is 0.00917. The molecular weight excluding hydrogens is 427 g/mol. The molecule has 0 unspecified atom stereocenters. The molecule has 2 saturated heterocycles. The van der Waals surface area contributed by atoms with Crippen molar-refractivity contribution < 1.29 is 23.4 Å².